The van der Waals surface area contributed by atoms with Crippen molar-refractivity contribution in [2.45, 2.75) is 58.9 Å². The lowest BCUT2D eigenvalue weighted by atomic mass is 9.84. The van der Waals surface area contributed by atoms with E-state index in [1.165, 1.54) is 53.4 Å². The van der Waals surface area contributed by atoms with E-state index in [0.717, 1.165) is 5.92 Å². The van der Waals surface area contributed by atoms with Crippen molar-refractivity contribution >= 4 is 21.6 Å². The molecule has 1 saturated carbocycles. The van der Waals surface area contributed by atoms with Gasteiger partial charge in [-0.1, -0.05) is 25.3 Å². The van der Waals surface area contributed by atoms with Crippen LogP contribution < -0.4 is 5.32 Å². The van der Waals surface area contributed by atoms with Gasteiger partial charge in [-0.2, -0.15) is 0 Å². The van der Waals surface area contributed by atoms with E-state index in [9.17, 15) is 0 Å². The smallest absolute Gasteiger partial charge is 0.0516 e. The molecule has 0 heterocycles. The lowest BCUT2D eigenvalue weighted by Gasteiger charge is -2.30. The van der Waals surface area contributed by atoms with Gasteiger partial charge in [-0.3, -0.25) is 0 Å². The number of benzene rings is 1. The largest absolute Gasteiger partial charge is 0.381 e. The summed E-state index contributed by atoms with van der Waals surface area (Å²) in [7, 11) is 0. The fourth-order valence-electron chi connectivity index (χ4n) is 3.08. The highest BCUT2D eigenvalue weighted by molar-refractivity contribution is 9.10. The lowest BCUT2D eigenvalue weighted by Crippen LogP contribution is -2.28. The Labute approximate surface area is 119 Å². The number of anilines is 1. The van der Waals surface area contributed by atoms with Crippen LogP contribution in [0.4, 0.5) is 5.69 Å². The molecule has 0 radical (unpaired) electrons. The van der Waals surface area contributed by atoms with Crippen LogP contribution in [0, 0.1) is 19.8 Å². The van der Waals surface area contributed by atoms with E-state index in [-0.39, 0.29) is 0 Å². The third-order valence-electron chi connectivity index (χ3n) is 4.16. The molecule has 0 amide bonds. The number of rotatable bonds is 3. The first-order chi connectivity index (χ1) is 8.58. The van der Waals surface area contributed by atoms with Crippen molar-refractivity contribution in [2.75, 3.05) is 5.32 Å². The van der Waals surface area contributed by atoms with Crippen LogP contribution in [-0.2, 0) is 0 Å². The van der Waals surface area contributed by atoms with Crippen LogP contribution in [0.3, 0.4) is 0 Å². The Bertz CT molecular complexity index is 385. The van der Waals surface area contributed by atoms with E-state index in [1.54, 1.807) is 0 Å². The van der Waals surface area contributed by atoms with Gasteiger partial charge in [0.05, 0.1) is 5.69 Å². The summed E-state index contributed by atoms with van der Waals surface area (Å²) in [6, 6.07) is 5.02. The quantitative estimate of drug-likeness (QED) is 0.783. The molecule has 1 aromatic carbocycles. The molecule has 1 unspecified atom stereocenters. The van der Waals surface area contributed by atoms with Gasteiger partial charge in [0.15, 0.2) is 0 Å². The van der Waals surface area contributed by atoms with Crippen LogP contribution in [0.5, 0.6) is 0 Å². The molecule has 1 N–H and O–H groups in total. The van der Waals surface area contributed by atoms with Crippen molar-refractivity contribution in [1.82, 2.24) is 0 Å². The summed E-state index contributed by atoms with van der Waals surface area (Å²) < 4.78 is 1.20. The number of halogens is 1. The molecule has 0 saturated heterocycles. The van der Waals surface area contributed by atoms with E-state index < -0.39 is 0 Å². The highest BCUT2D eigenvalue weighted by Gasteiger charge is 2.20. The summed E-state index contributed by atoms with van der Waals surface area (Å²) in [5, 5.41) is 3.73. The topological polar surface area (TPSA) is 12.0 Å². The maximum absolute atomic E-state index is 3.73. The molecule has 1 fully saturated rings. The predicted molar refractivity (Wildman–Crippen MR) is 83.3 cm³/mol. The maximum atomic E-state index is 3.73. The van der Waals surface area contributed by atoms with E-state index in [2.05, 4.69) is 54.2 Å². The normalized spacial score (nSPS) is 18.7. The standard InChI is InChI=1S/C16H24BrN/c1-11-9-12(2)16(15(17)10-11)18-13(3)14-7-5-4-6-8-14/h9-10,13-14,18H,4-8H2,1-3H3. The van der Waals surface area contributed by atoms with Crippen molar-refractivity contribution in [1.29, 1.82) is 0 Å². The molecule has 1 aliphatic rings. The van der Waals surface area contributed by atoms with Gasteiger partial charge in [0.25, 0.3) is 0 Å². The minimum Gasteiger partial charge on any atom is -0.381 e. The minimum absolute atomic E-state index is 0.572. The summed E-state index contributed by atoms with van der Waals surface area (Å²) in [4.78, 5) is 0. The molecule has 1 aromatic rings. The van der Waals surface area contributed by atoms with Crippen LogP contribution >= 0.6 is 15.9 Å². The van der Waals surface area contributed by atoms with Gasteiger partial charge in [0.2, 0.25) is 0 Å². The fourth-order valence-corrected chi connectivity index (χ4v) is 3.87. The third kappa shape index (κ3) is 3.28. The van der Waals surface area contributed by atoms with Crippen molar-refractivity contribution in [3.05, 3.63) is 27.7 Å². The Morgan fingerprint density at radius 2 is 1.83 bits per heavy atom. The predicted octanol–water partition coefficient (Wildman–Crippen LogP) is 5.45. The van der Waals surface area contributed by atoms with Gasteiger partial charge < -0.3 is 5.32 Å². The van der Waals surface area contributed by atoms with E-state index in [1.807, 2.05) is 0 Å². The van der Waals surface area contributed by atoms with Crippen molar-refractivity contribution in [3.63, 3.8) is 0 Å². The molecule has 18 heavy (non-hydrogen) atoms. The summed E-state index contributed by atoms with van der Waals surface area (Å²) in [6.07, 6.45) is 7.01. The first kappa shape index (κ1) is 13.9. The second-order valence-electron chi connectivity index (χ2n) is 5.77. The van der Waals surface area contributed by atoms with E-state index in [0.29, 0.717) is 6.04 Å². The Morgan fingerprint density at radius 1 is 1.17 bits per heavy atom. The van der Waals surface area contributed by atoms with Gasteiger partial charge in [0.1, 0.15) is 0 Å². The van der Waals surface area contributed by atoms with Crippen LogP contribution in [-0.4, -0.2) is 6.04 Å². The molecule has 100 valence electrons. The van der Waals surface area contributed by atoms with Gasteiger partial charge in [-0.05, 0) is 72.7 Å². The fraction of sp³-hybridized carbons (Fsp3) is 0.625. The molecule has 1 atom stereocenters. The SMILES string of the molecule is Cc1cc(C)c(NC(C)C2CCCCC2)c(Br)c1. The highest BCUT2D eigenvalue weighted by Crippen LogP contribution is 2.32. The van der Waals surface area contributed by atoms with Crippen molar-refractivity contribution in [3.8, 4) is 0 Å². The zero-order chi connectivity index (χ0) is 13.1. The average molecular weight is 310 g/mol. The number of aryl methyl sites for hydroxylation is 2. The molecule has 1 nitrogen and oxygen atoms in total. The summed E-state index contributed by atoms with van der Waals surface area (Å²) in [5.41, 5.74) is 3.93. The first-order valence-electron chi connectivity index (χ1n) is 7.11. The maximum Gasteiger partial charge on any atom is 0.0516 e. The van der Waals surface area contributed by atoms with E-state index in [4.69, 9.17) is 0 Å². The number of hydrogen-bond donors (Lipinski definition) is 1. The highest BCUT2D eigenvalue weighted by atomic mass is 79.9. The summed E-state index contributed by atoms with van der Waals surface area (Å²) >= 11 is 3.69. The molecule has 1 aliphatic carbocycles. The average Bonchev–Trinajstić information content (AvgIpc) is 2.34. The monoisotopic (exact) mass is 309 g/mol. The Kier molecular flexibility index (Phi) is 4.71. The molecule has 0 spiro atoms. The zero-order valence-electron chi connectivity index (χ0n) is 11.7. The third-order valence-corrected chi connectivity index (χ3v) is 4.79. The molecular weight excluding hydrogens is 286 g/mol. The first-order valence-corrected chi connectivity index (χ1v) is 7.90. The molecule has 0 bridgehead atoms. The Morgan fingerprint density at radius 3 is 2.44 bits per heavy atom. The summed E-state index contributed by atoms with van der Waals surface area (Å²) in [5.74, 6) is 0.839. The number of hydrogen-bond acceptors (Lipinski definition) is 1. The van der Waals surface area contributed by atoms with Gasteiger partial charge in [-0.25, -0.2) is 0 Å². The molecule has 0 aliphatic heterocycles. The molecule has 2 rings (SSSR count). The lowest BCUT2D eigenvalue weighted by molar-refractivity contribution is 0.328. The van der Waals surface area contributed by atoms with Gasteiger partial charge in [0, 0.05) is 10.5 Å². The van der Waals surface area contributed by atoms with Crippen LogP contribution in [0.15, 0.2) is 16.6 Å². The molecule has 2 heteroatoms. The minimum atomic E-state index is 0.572. The second-order valence-corrected chi connectivity index (χ2v) is 6.62. The van der Waals surface area contributed by atoms with Gasteiger partial charge in [-0.15, -0.1) is 0 Å². The van der Waals surface area contributed by atoms with Crippen molar-refractivity contribution < 1.29 is 0 Å². The van der Waals surface area contributed by atoms with Crippen LogP contribution in [0.2, 0.25) is 0 Å². The Balaban J connectivity index is 2.08. The van der Waals surface area contributed by atoms with Crippen molar-refractivity contribution in [2.24, 2.45) is 5.92 Å². The zero-order valence-corrected chi connectivity index (χ0v) is 13.3. The second kappa shape index (κ2) is 6.10. The molecule has 0 aromatic heterocycles. The van der Waals surface area contributed by atoms with Gasteiger partial charge >= 0.3 is 0 Å². The Hall–Kier alpha value is -0.500. The summed E-state index contributed by atoms with van der Waals surface area (Å²) in [6.45, 7) is 6.67. The van der Waals surface area contributed by atoms with E-state index >= 15 is 0 Å². The molecular formula is C16H24BrN. The van der Waals surface area contributed by atoms with Crippen LogP contribution in [0.25, 0.3) is 0 Å². The van der Waals surface area contributed by atoms with Crippen LogP contribution in [0.1, 0.15) is 50.2 Å². The number of nitrogens with one attached hydrogen (secondary N) is 1.